The predicted molar refractivity (Wildman–Crippen MR) is 116 cm³/mol. The molecule has 33 heavy (non-hydrogen) atoms. The number of nitrogens with one attached hydrogen (secondary N) is 1. The summed E-state index contributed by atoms with van der Waals surface area (Å²) in [4.78, 5) is 18.6. The van der Waals surface area contributed by atoms with E-state index in [9.17, 15) is 18.3 Å². The van der Waals surface area contributed by atoms with Crippen molar-refractivity contribution in [3.8, 4) is 5.75 Å². The van der Waals surface area contributed by atoms with Crippen molar-refractivity contribution in [1.82, 2.24) is 15.3 Å². The van der Waals surface area contributed by atoms with Gasteiger partial charge in [-0.2, -0.15) is 13.2 Å². The number of hydrogen-bond acceptors (Lipinski definition) is 5. The van der Waals surface area contributed by atoms with Gasteiger partial charge in [0.25, 0.3) is 0 Å². The molecule has 6 nitrogen and oxygen atoms in total. The molecule has 1 saturated heterocycles. The van der Waals surface area contributed by atoms with Gasteiger partial charge < -0.3 is 15.5 Å². The van der Waals surface area contributed by atoms with Crippen LogP contribution in [0.2, 0.25) is 0 Å². The number of aromatic nitrogens is 2. The number of phenols is 1. The lowest BCUT2D eigenvalue weighted by Crippen LogP contribution is -2.59. The van der Waals surface area contributed by atoms with Crippen molar-refractivity contribution >= 4 is 28.0 Å². The quantitative estimate of drug-likeness (QED) is 0.430. The maximum Gasteiger partial charge on any atom is 0.490 e. The smallest absolute Gasteiger partial charge is 0.490 e. The van der Waals surface area contributed by atoms with E-state index in [0.29, 0.717) is 23.2 Å². The summed E-state index contributed by atoms with van der Waals surface area (Å²) in [5.41, 5.74) is 6.25. The van der Waals surface area contributed by atoms with Crippen LogP contribution < -0.4 is 5.32 Å². The molecule has 3 aliphatic rings. The van der Waals surface area contributed by atoms with E-state index in [2.05, 4.69) is 5.32 Å². The van der Waals surface area contributed by atoms with Crippen molar-refractivity contribution in [2.45, 2.75) is 56.2 Å². The molecule has 0 radical (unpaired) electrons. The molecule has 0 spiro atoms. The minimum Gasteiger partial charge on any atom is -0.506 e. The number of carbonyl (C=O) groups is 1. The molecule has 0 amide bonds. The number of alkyl halides is 3. The SMILES string of the molecule is O=C(O)C(F)(F)F.Oc1cc2c(c3nc4ccccc4nc13)C[C@@H]1NCC[C@]23CCCC[C@H]13. The molecule has 2 fully saturated rings. The number of aromatic hydroxyl groups is 1. The van der Waals surface area contributed by atoms with Gasteiger partial charge in [0.05, 0.1) is 16.6 Å². The van der Waals surface area contributed by atoms with E-state index in [1.54, 1.807) is 0 Å². The van der Waals surface area contributed by atoms with Gasteiger partial charge in [-0.3, -0.25) is 0 Å². The maximum absolute atomic E-state index is 10.9. The van der Waals surface area contributed by atoms with Gasteiger partial charge in [0, 0.05) is 11.5 Å². The van der Waals surface area contributed by atoms with Crippen molar-refractivity contribution < 1.29 is 28.2 Å². The summed E-state index contributed by atoms with van der Waals surface area (Å²) in [5, 5.41) is 21.8. The molecule has 3 aromatic rings. The van der Waals surface area contributed by atoms with Crippen molar-refractivity contribution in [3.05, 3.63) is 41.5 Å². The second-order valence-electron chi connectivity index (χ2n) is 9.16. The first-order valence-corrected chi connectivity index (χ1v) is 11.2. The van der Waals surface area contributed by atoms with E-state index in [1.807, 2.05) is 30.3 Å². The van der Waals surface area contributed by atoms with Crippen LogP contribution in [0.4, 0.5) is 13.2 Å². The highest BCUT2D eigenvalue weighted by molar-refractivity contribution is 5.92. The highest BCUT2D eigenvalue weighted by atomic mass is 19.4. The molecule has 3 N–H and O–H groups in total. The van der Waals surface area contributed by atoms with Crippen molar-refractivity contribution in [3.63, 3.8) is 0 Å². The Balaban J connectivity index is 0.000000287. The first-order chi connectivity index (χ1) is 15.7. The van der Waals surface area contributed by atoms with Gasteiger partial charge in [-0.15, -0.1) is 0 Å². The van der Waals surface area contributed by atoms with Crippen LogP contribution in [0, 0.1) is 5.92 Å². The van der Waals surface area contributed by atoms with Gasteiger partial charge >= 0.3 is 12.1 Å². The number of rotatable bonds is 0. The van der Waals surface area contributed by atoms with Crippen LogP contribution in [0.3, 0.4) is 0 Å². The first kappa shape index (κ1) is 21.9. The first-order valence-electron chi connectivity index (χ1n) is 11.2. The van der Waals surface area contributed by atoms with Crippen LogP contribution in [0.15, 0.2) is 30.3 Å². The normalized spacial score (nSPS) is 26.2. The molecule has 9 heteroatoms. The number of nitrogens with zero attached hydrogens (tertiary/aromatic N) is 2. The van der Waals surface area contributed by atoms with E-state index in [4.69, 9.17) is 19.9 Å². The van der Waals surface area contributed by atoms with Crippen molar-refractivity contribution in [1.29, 1.82) is 0 Å². The van der Waals surface area contributed by atoms with E-state index < -0.39 is 12.1 Å². The van der Waals surface area contributed by atoms with Gasteiger partial charge in [-0.05, 0) is 67.5 Å². The Morgan fingerprint density at radius 3 is 2.42 bits per heavy atom. The zero-order valence-corrected chi connectivity index (χ0v) is 17.8. The monoisotopic (exact) mass is 459 g/mol. The number of piperidine rings is 1. The number of para-hydroxylation sites is 2. The van der Waals surface area contributed by atoms with Gasteiger partial charge in [0.2, 0.25) is 0 Å². The fraction of sp³-hybridized carbons (Fsp3) is 0.458. The van der Waals surface area contributed by atoms with Crippen molar-refractivity contribution in [2.24, 2.45) is 5.92 Å². The third-order valence-electron chi connectivity index (χ3n) is 7.47. The summed E-state index contributed by atoms with van der Waals surface area (Å²) in [7, 11) is 0. The Hall–Kier alpha value is -2.94. The average molecular weight is 459 g/mol. The third kappa shape index (κ3) is 3.58. The summed E-state index contributed by atoms with van der Waals surface area (Å²) in [5.74, 6) is -1.76. The Labute approximate surface area is 187 Å². The number of hydrogen-bond donors (Lipinski definition) is 3. The topological polar surface area (TPSA) is 95.3 Å². The molecule has 0 unspecified atom stereocenters. The van der Waals surface area contributed by atoms with E-state index in [-0.39, 0.29) is 5.41 Å². The lowest BCUT2D eigenvalue weighted by Gasteiger charge is -2.56. The molecule has 174 valence electrons. The Morgan fingerprint density at radius 2 is 1.76 bits per heavy atom. The lowest BCUT2D eigenvalue weighted by atomic mass is 9.52. The van der Waals surface area contributed by atoms with Gasteiger partial charge in [-0.1, -0.05) is 25.0 Å². The Kier molecular flexibility index (Phi) is 5.19. The summed E-state index contributed by atoms with van der Waals surface area (Å²) in [6.45, 7) is 1.09. The molecule has 2 bridgehead atoms. The molecule has 2 aromatic carbocycles. The van der Waals surface area contributed by atoms with Crippen LogP contribution in [0.25, 0.3) is 22.1 Å². The van der Waals surface area contributed by atoms with Crippen LogP contribution in [0.1, 0.15) is 43.2 Å². The van der Waals surface area contributed by atoms with Crippen LogP contribution >= 0.6 is 0 Å². The van der Waals surface area contributed by atoms with E-state index in [0.717, 1.165) is 29.5 Å². The summed E-state index contributed by atoms with van der Waals surface area (Å²) < 4.78 is 31.7. The summed E-state index contributed by atoms with van der Waals surface area (Å²) in [6.07, 6.45) is 2.28. The highest BCUT2D eigenvalue weighted by Gasteiger charge is 2.52. The van der Waals surface area contributed by atoms with Crippen LogP contribution in [-0.2, 0) is 16.6 Å². The standard InChI is InChI=1S/C22H23N3O.C2HF3O2/c26-19-12-15-13(20-21(19)25-17-7-2-1-6-16(17)24-20)11-18-14-5-3-4-8-22(14,15)9-10-23-18;3-2(4,5)1(6)7/h1-2,6-7,12,14,18,23,26H,3-5,8-11H2;(H,6,7)/t14-,18+,22+;/m1./s1. The molecule has 1 aliphatic heterocycles. The molecule has 1 aromatic heterocycles. The molecule has 2 aliphatic carbocycles. The van der Waals surface area contributed by atoms with Gasteiger partial charge in [0.1, 0.15) is 11.3 Å². The molecule has 6 rings (SSSR count). The second-order valence-corrected chi connectivity index (χ2v) is 9.16. The fourth-order valence-electron chi connectivity index (χ4n) is 6.15. The Morgan fingerprint density at radius 1 is 1.09 bits per heavy atom. The largest absolute Gasteiger partial charge is 0.506 e. The average Bonchev–Trinajstić information content (AvgIpc) is 2.79. The number of fused-ring (bicyclic) bond motifs is 4. The van der Waals surface area contributed by atoms with Crippen LogP contribution in [0.5, 0.6) is 5.75 Å². The minimum absolute atomic E-state index is 0.223. The maximum atomic E-state index is 10.9. The number of phenolic OH excluding ortho intramolecular Hbond substituents is 1. The number of carboxylic acid groups (broad SMARTS) is 1. The van der Waals surface area contributed by atoms with E-state index >= 15 is 0 Å². The Bertz CT molecular complexity index is 1240. The third-order valence-corrected chi connectivity index (χ3v) is 7.47. The lowest BCUT2D eigenvalue weighted by molar-refractivity contribution is -0.192. The predicted octanol–water partition coefficient (Wildman–Crippen LogP) is 4.47. The molecule has 1 saturated carbocycles. The van der Waals surface area contributed by atoms with E-state index in [1.165, 1.54) is 43.2 Å². The zero-order valence-electron chi connectivity index (χ0n) is 17.8. The summed E-state index contributed by atoms with van der Waals surface area (Å²) >= 11 is 0. The second kappa shape index (κ2) is 7.83. The molecular weight excluding hydrogens is 435 g/mol. The number of halogens is 3. The molecule has 3 atom stereocenters. The molecule has 2 heterocycles. The number of benzene rings is 2. The summed E-state index contributed by atoms with van der Waals surface area (Å²) in [6, 6.07) is 10.5. The highest BCUT2D eigenvalue weighted by Crippen LogP contribution is 2.55. The fourth-order valence-corrected chi connectivity index (χ4v) is 6.15. The van der Waals surface area contributed by atoms with Crippen LogP contribution in [-0.4, -0.2) is 44.9 Å². The van der Waals surface area contributed by atoms with Crippen molar-refractivity contribution in [2.75, 3.05) is 6.54 Å². The van der Waals surface area contributed by atoms with Gasteiger partial charge in [-0.25, -0.2) is 14.8 Å². The zero-order chi connectivity index (χ0) is 23.4. The van der Waals surface area contributed by atoms with Gasteiger partial charge in [0.15, 0.2) is 0 Å². The number of aliphatic carboxylic acids is 1. The number of carboxylic acids is 1. The molecular formula is C24H24F3N3O3. The minimum atomic E-state index is -5.08.